The molecule has 1 aliphatic rings. The molecule has 4 rings (SSSR count). The Morgan fingerprint density at radius 1 is 1.43 bits per heavy atom. The lowest BCUT2D eigenvalue weighted by Crippen LogP contribution is -2.48. The van der Waals surface area contributed by atoms with Crippen molar-refractivity contribution in [3.63, 3.8) is 0 Å². The van der Waals surface area contributed by atoms with Gasteiger partial charge in [0.05, 0.1) is 36.9 Å². The molecule has 1 aromatic carbocycles. The number of aliphatic hydroxyl groups excluding tert-OH is 1. The van der Waals surface area contributed by atoms with Crippen molar-refractivity contribution in [1.82, 2.24) is 14.9 Å². The highest BCUT2D eigenvalue weighted by atomic mass is 19.1. The topological polar surface area (TPSA) is 85.6 Å². The van der Waals surface area contributed by atoms with Crippen LogP contribution in [0.15, 0.2) is 36.7 Å². The van der Waals surface area contributed by atoms with Crippen molar-refractivity contribution >= 4 is 16.9 Å². The smallest absolute Gasteiger partial charge is 0.255 e. The molecule has 30 heavy (non-hydrogen) atoms. The number of aliphatic hydroxyl groups is 1. The van der Waals surface area contributed by atoms with E-state index in [1.807, 2.05) is 17.6 Å². The van der Waals surface area contributed by atoms with E-state index in [-0.39, 0.29) is 24.3 Å². The number of nitrogens with one attached hydrogen (secondary N) is 1. The molecule has 0 radical (unpaired) electrons. The van der Waals surface area contributed by atoms with Crippen LogP contribution in [-0.2, 0) is 11.3 Å². The summed E-state index contributed by atoms with van der Waals surface area (Å²) < 4.78 is 26.2. The largest absolute Gasteiger partial charge is 0.494 e. The Kier molecular flexibility index (Phi) is 5.69. The van der Waals surface area contributed by atoms with Gasteiger partial charge in [0.15, 0.2) is 11.6 Å². The van der Waals surface area contributed by atoms with Gasteiger partial charge in [-0.15, -0.1) is 0 Å². The van der Waals surface area contributed by atoms with E-state index in [2.05, 4.69) is 10.3 Å². The van der Waals surface area contributed by atoms with Crippen LogP contribution in [0, 0.1) is 12.7 Å². The number of pyridine rings is 1. The van der Waals surface area contributed by atoms with E-state index >= 15 is 0 Å². The molecule has 7 nitrogen and oxygen atoms in total. The van der Waals surface area contributed by atoms with Gasteiger partial charge in [0.25, 0.3) is 5.91 Å². The van der Waals surface area contributed by atoms with E-state index in [1.165, 1.54) is 13.2 Å². The van der Waals surface area contributed by atoms with Gasteiger partial charge in [-0.1, -0.05) is 6.07 Å². The number of methoxy groups -OCH3 is 1. The second-order valence-corrected chi connectivity index (χ2v) is 7.48. The van der Waals surface area contributed by atoms with Crippen molar-refractivity contribution in [1.29, 1.82) is 0 Å². The number of nitrogens with zero attached hydrogens (tertiary/aromatic N) is 2. The summed E-state index contributed by atoms with van der Waals surface area (Å²) in [5, 5.41) is 13.0. The molecule has 2 atom stereocenters. The fourth-order valence-electron chi connectivity index (χ4n) is 3.82. The van der Waals surface area contributed by atoms with Crippen molar-refractivity contribution in [3.8, 4) is 5.75 Å². The molecule has 2 aromatic heterocycles. The molecule has 0 unspecified atom stereocenters. The maximum Gasteiger partial charge on any atom is 0.255 e. The predicted molar refractivity (Wildman–Crippen MR) is 109 cm³/mol. The van der Waals surface area contributed by atoms with E-state index in [1.54, 1.807) is 24.5 Å². The van der Waals surface area contributed by atoms with E-state index in [0.29, 0.717) is 30.7 Å². The van der Waals surface area contributed by atoms with Gasteiger partial charge in [-0.05, 0) is 42.7 Å². The van der Waals surface area contributed by atoms with E-state index in [9.17, 15) is 14.3 Å². The van der Waals surface area contributed by atoms with Crippen LogP contribution in [0.25, 0.3) is 11.0 Å². The van der Waals surface area contributed by atoms with Gasteiger partial charge < -0.3 is 24.5 Å². The fourth-order valence-corrected chi connectivity index (χ4v) is 3.82. The second kappa shape index (κ2) is 8.41. The van der Waals surface area contributed by atoms with Gasteiger partial charge >= 0.3 is 0 Å². The number of hydrogen-bond acceptors (Lipinski definition) is 5. The molecule has 0 saturated carbocycles. The number of amides is 1. The summed E-state index contributed by atoms with van der Waals surface area (Å²) in [5.41, 5.74) is 3.50. The van der Waals surface area contributed by atoms with Gasteiger partial charge in [-0.2, -0.15) is 0 Å². The number of benzene rings is 1. The monoisotopic (exact) mass is 413 g/mol. The Labute approximate surface area is 173 Å². The number of halogens is 1. The molecular formula is C22H24FN3O4. The van der Waals surface area contributed by atoms with Crippen LogP contribution in [0.5, 0.6) is 5.75 Å². The van der Waals surface area contributed by atoms with Crippen LogP contribution in [0.3, 0.4) is 0 Å². The highest BCUT2D eigenvalue weighted by Crippen LogP contribution is 2.25. The third-order valence-electron chi connectivity index (χ3n) is 5.41. The van der Waals surface area contributed by atoms with E-state index in [0.717, 1.165) is 16.6 Å². The van der Waals surface area contributed by atoms with E-state index in [4.69, 9.17) is 9.47 Å². The molecular weight excluding hydrogens is 389 g/mol. The summed E-state index contributed by atoms with van der Waals surface area (Å²) in [6.07, 6.45) is 3.19. The zero-order valence-corrected chi connectivity index (χ0v) is 16.9. The average Bonchev–Trinajstić information content (AvgIpc) is 3.10. The van der Waals surface area contributed by atoms with Crippen LogP contribution >= 0.6 is 0 Å². The maximum absolute atomic E-state index is 14.1. The van der Waals surface area contributed by atoms with Gasteiger partial charge in [-0.25, -0.2) is 4.39 Å². The summed E-state index contributed by atoms with van der Waals surface area (Å²) in [6.45, 7) is 3.01. The SMILES string of the molecule is COc1ccc(Cn2cc(C(=O)N[C@H]3CCOC[C@@H]3O)c3nccc(C)c32)cc1F. The third kappa shape index (κ3) is 3.88. The molecule has 1 fully saturated rings. The molecule has 1 aliphatic heterocycles. The minimum Gasteiger partial charge on any atom is -0.494 e. The summed E-state index contributed by atoms with van der Waals surface area (Å²) in [4.78, 5) is 17.4. The Hall–Kier alpha value is -2.97. The van der Waals surface area contributed by atoms with Crippen molar-refractivity contribution in [3.05, 3.63) is 59.2 Å². The minimum absolute atomic E-state index is 0.184. The highest BCUT2D eigenvalue weighted by molar-refractivity contribution is 6.06. The first-order chi connectivity index (χ1) is 14.5. The maximum atomic E-state index is 14.1. The van der Waals surface area contributed by atoms with E-state index < -0.39 is 11.9 Å². The van der Waals surface area contributed by atoms with Crippen LogP contribution in [0.1, 0.15) is 27.9 Å². The summed E-state index contributed by atoms with van der Waals surface area (Å²) in [6, 6.07) is 6.30. The van der Waals surface area contributed by atoms with Gasteiger partial charge in [0.2, 0.25) is 0 Å². The molecule has 8 heteroatoms. The predicted octanol–water partition coefficient (Wildman–Crippen LogP) is 2.42. The minimum atomic E-state index is -0.743. The van der Waals surface area contributed by atoms with Crippen molar-refractivity contribution in [2.75, 3.05) is 20.3 Å². The number of ether oxygens (including phenoxy) is 2. The standard InChI is InChI=1S/C22H24FN3O4/c1-13-5-7-24-20-15(22(28)25-17-6-8-30-12-18(17)27)11-26(21(13)20)10-14-3-4-19(29-2)16(23)9-14/h3-5,7,9,11,17-18,27H,6,8,10,12H2,1-2H3,(H,25,28)/t17-,18-/m0/s1. The molecule has 3 aromatic rings. The Bertz CT molecular complexity index is 1080. The number of aryl methyl sites for hydroxylation is 1. The highest BCUT2D eigenvalue weighted by Gasteiger charge is 2.27. The average molecular weight is 413 g/mol. The zero-order chi connectivity index (χ0) is 21.3. The molecule has 0 bridgehead atoms. The molecule has 0 spiro atoms. The molecule has 3 heterocycles. The van der Waals surface area contributed by atoms with Crippen LogP contribution in [0.2, 0.25) is 0 Å². The zero-order valence-electron chi connectivity index (χ0n) is 16.9. The first-order valence-corrected chi connectivity index (χ1v) is 9.81. The number of carbonyl (C=O) groups excluding carboxylic acids is 1. The van der Waals surface area contributed by atoms with Gasteiger partial charge in [-0.3, -0.25) is 9.78 Å². The number of carbonyl (C=O) groups is 1. The van der Waals surface area contributed by atoms with Crippen LogP contribution in [-0.4, -0.2) is 53.0 Å². The molecule has 1 amide bonds. The Morgan fingerprint density at radius 3 is 3.00 bits per heavy atom. The van der Waals surface area contributed by atoms with Crippen LogP contribution in [0.4, 0.5) is 4.39 Å². The van der Waals surface area contributed by atoms with Crippen molar-refractivity contribution < 1.29 is 23.8 Å². The number of aromatic nitrogens is 2. The normalized spacial score (nSPS) is 19.1. The molecule has 2 N–H and O–H groups in total. The van der Waals surface area contributed by atoms with Crippen molar-refractivity contribution in [2.24, 2.45) is 0 Å². The Balaban J connectivity index is 1.67. The first kappa shape index (κ1) is 20.3. The number of fused-ring (bicyclic) bond motifs is 1. The molecule has 0 aliphatic carbocycles. The van der Waals surface area contributed by atoms with Crippen LogP contribution < -0.4 is 10.1 Å². The summed E-state index contributed by atoms with van der Waals surface area (Å²) in [5.74, 6) is -0.555. The quantitative estimate of drug-likeness (QED) is 0.671. The number of hydrogen-bond donors (Lipinski definition) is 2. The molecule has 1 saturated heterocycles. The third-order valence-corrected chi connectivity index (χ3v) is 5.41. The van der Waals surface area contributed by atoms with Crippen molar-refractivity contribution in [2.45, 2.75) is 32.0 Å². The fraction of sp³-hybridized carbons (Fsp3) is 0.364. The summed E-state index contributed by atoms with van der Waals surface area (Å²) in [7, 11) is 1.42. The lowest BCUT2D eigenvalue weighted by atomic mass is 10.1. The first-order valence-electron chi connectivity index (χ1n) is 9.81. The lowest BCUT2D eigenvalue weighted by molar-refractivity contribution is -0.0260. The van der Waals surface area contributed by atoms with Gasteiger partial charge in [0, 0.05) is 25.5 Å². The Morgan fingerprint density at radius 2 is 2.27 bits per heavy atom. The molecule has 158 valence electrons. The number of rotatable bonds is 5. The lowest BCUT2D eigenvalue weighted by Gasteiger charge is -2.28. The van der Waals surface area contributed by atoms with Gasteiger partial charge in [0.1, 0.15) is 5.52 Å². The second-order valence-electron chi connectivity index (χ2n) is 7.48. The summed E-state index contributed by atoms with van der Waals surface area (Å²) >= 11 is 0.